The standard InChI is InChI=1S/C12H10N2O4S/c1-6-2-7(4-8(3-6)14(17)18)10-5-9(13)11(19-10)12(15)16/h2-5H,13H2,1H3,(H,15,16). The quantitative estimate of drug-likeness (QED) is 0.663. The molecule has 98 valence electrons. The molecule has 1 aromatic carbocycles. The van der Waals surface area contributed by atoms with E-state index in [1.54, 1.807) is 13.0 Å². The molecular weight excluding hydrogens is 268 g/mol. The zero-order chi connectivity index (χ0) is 14.2. The Kier molecular flexibility index (Phi) is 3.22. The summed E-state index contributed by atoms with van der Waals surface area (Å²) in [6, 6.07) is 6.14. The highest BCUT2D eigenvalue weighted by molar-refractivity contribution is 7.17. The number of nitrogens with zero attached hydrogens (tertiary/aromatic N) is 1. The molecule has 0 saturated heterocycles. The van der Waals surface area contributed by atoms with Gasteiger partial charge in [0.05, 0.1) is 10.6 Å². The van der Waals surface area contributed by atoms with E-state index in [0.29, 0.717) is 10.4 Å². The number of anilines is 1. The first kappa shape index (κ1) is 13.0. The number of benzene rings is 1. The summed E-state index contributed by atoms with van der Waals surface area (Å²) in [5.74, 6) is -1.10. The van der Waals surface area contributed by atoms with Crippen molar-refractivity contribution in [2.75, 3.05) is 5.73 Å². The maximum Gasteiger partial charge on any atom is 0.348 e. The minimum absolute atomic E-state index is 0.0288. The van der Waals surface area contributed by atoms with Crippen molar-refractivity contribution >= 4 is 28.7 Å². The van der Waals surface area contributed by atoms with E-state index in [2.05, 4.69) is 0 Å². The van der Waals surface area contributed by atoms with Crippen LogP contribution in [0.4, 0.5) is 11.4 Å². The first-order valence-corrected chi connectivity index (χ1v) is 6.09. The molecule has 3 N–H and O–H groups in total. The molecule has 2 aromatic rings. The molecule has 0 aliphatic heterocycles. The van der Waals surface area contributed by atoms with Gasteiger partial charge in [-0.25, -0.2) is 4.79 Å². The number of nitro benzene ring substituents is 1. The van der Waals surface area contributed by atoms with Gasteiger partial charge in [0.2, 0.25) is 0 Å². The Balaban J connectivity index is 2.55. The Morgan fingerprint density at radius 3 is 2.58 bits per heavy atom. The van der Waals surface area contributed by atoms with Crippen LogP contribution < -0.4 is 5.73 Å². The van der Waals surface area contributed by atoms with Crippen LogP contribution in [0.5, 0.6) is 0 Å². The van der Waals surface area contributed by atoms with Gasteiger partial charge in [-0.1, -0.05) is 6.07 Å². The number of nitro groups is 1. The fourth-order valence-electron chi connectivity index (χ4n) is 1.73. The van der Waals surface area contributed by atoms with Gasteiger partial charge in [-0.2, -0.15) is 0 Å². The average molecular weight is 278 g/mol. The number of aromatic carboxylic acids is 1. The predicted molar refractivity (Wildman–Crippen MR) is 72.5 cm³/mol. The molecule has 7 heteroatoms. The maximum absolute atomic E-state index is 10.9. The minimum atomic E-state index is -1.10. The molecule has 0 spiro atoms. The second-order valence-electron chi connectivity index (χ2n) is 4.01. The van der Waals surface area contributed by atoms with Crippen molar-refractivity contribution < 1.29 is 14.8 Å². The van der Waals surface area contributed by atoms with Crippen LogP contribution in [0, 0.1) is 17.0 Å². The largest absolute Gasteiger partial charge is 0.477 e. The molecule has 0 aliphatic carbocycles. The second kappa shape index (κ2) is 4.69. The number of thiophene rings is 1. The van der Waals surface area contributed by atoms with Crippen LogP contribution >= 0.6 is 11.3 Å². The molecule has 0 saturated carbocycles. The first-order valence-electron chi connectivity index (χ1n) is 5.27. The number of aryl methyl sites for hydroxylation is 1. The molecule has 0 amide bonds. The SMILES string of the molecule is Cc1cc(-c2cc(N)c(C(=O)O)s2)cc([N+](=O)[O-])c1. The van der Waals surface area contributed by atoms with Crippen molar-refractivity contribution in [2.24, 2.45) is 0 Å². The third-order valence-electron chi connectivity index (χ3n) is 2.51. The lowest BCUT2D eigenvalue weighted by molar-refractivity contribution is -0.384. The third-order valence-corrected chi connectivity index (χ3v) is 3.70. The first-order chi connectivity index (χ1) is 8.88. The van der Waals surface area contributed by atoms with Crippen LogP contribution in [0.3, 0.4) is 0 Å². The van der Waals surface area contributed by atoms with Crippen molar-refractivity contribution in [3.05, 3.63) is 44.8 Å². The van der Waals surface area contributed by atoms with Crippen molar-refractivity contribution in [2.45, 2.75) is 6.92 Å². The summed E-state index contributed by atoms with van der Waals surface area (Å²) >= 11 is 1.00. The predicted octanol–water partition coefficient (Wildman–Crippen LogP) is 2.91. The molecule has 0 radical (unpaired) electrons. The van der Waals surface area contributed by atoms with Crippen LogP contribution in [-0.2, 0) is 0 Å². The Morgan fingerprint density at radius 2 is 2.05 bits per heavy atom. The molecule has 1 heterocycles. The van der Waals surface area contributed by atoms with Crippen LogP contribution in [0.1, 0.15) is 15.2 Å². The van der Waals surface area contributed by atoms with Crippen LogP contribution in [0.15, 0.2) is 24.3 Å². The van der Waals surface area contributed by atoms with E-state index in [1.807, 2.05) is 0 Å². The number of carbonyl (C=O) groups is 1. The van der Waals surface area contributed by atoms with E-state index < -0.39 is 10.9 Å². The van der Waals surface area contributed by atoms with E-state index in [-0.39, 0.29) is 16.3 Å². The van der Waals surface area contributed by atoms with Gasteiger partial charge in [0.25, 0.3) is 5.69 Å². The van der Waals surface area contributed by atoms with Crippen molar-refractivity contribution in [1.29, 1.82) is 0 Å². The molecule has 0 aliphatic rings. The van der Waals surface area contributed by atoms with E-state index in [9.17, 15) is 14.9 Å². The third kappa shape index (κ3) is 2.55. The van der Waals surface area contributed by atoms with Crippen molar-refractivity contribution in [1.82, 2.24) is 0 Å². The Bertz CT molecular complexity index is 678. The normalized spacial score (nSPS) is 10.4. The molecule has 0 bridgehead atoms. The number of nitrogen functional groups attached to an aromatic ring is 1. The zero-order valence-corrected chi connectivity index (χ0v) is 10.7. The van der Waals surface area contributed by atoms with Crippen molar-refractivity contribution in [3.63, 3.8) is 0 Å². The Morgan fingerprint density at radius 1 is 1.37 bits per heavy atom. The molecule has 0 atom stereocenters. The highest BCUT2D eigenvalue weighted by Crippen LogP contribution is 2.35. The molecule has 0 fully saturated rings. The van der Waals surface area contributed by atoms with E-state index >= 15 is 0 Å². The van der Waals surface area contributed by atoms with Gasteiger partial charge < -0.3 is 10.8 Å². The number of hydrogen-bond acceptors (Lipinski definition) is 5. The lowest BCUT2D eigenvalue weighted by Gasteiger charge is -2.00. The summed E-state index contributed by atoms with van der Waals surface area (Å²) in [6.45, 7) is 1.74. The van der Waals surface area contributed by atoms with Gasteiger partial charge in [0, 0.05) is 17.0 Å². The minimum Gasteiger partial charge on any atom is -0.477 e. The number of hydrogen-bond donors (Lipinski definition) is 2. The Hall–Kier alpha value is -2.41. The van der Waals surface area contributed by atoms with Gasteiger partial charge in [-0.3, -0.25) is 10.1 Å². The Labute approximate surface area is 112 Å². The fourth-order valence-corrected chi connectivity index (χ4v) is 2.63. The number of nitrogens with two attached hydrogens (primary N) is 1. The average Bonchev–Trinajstić information content (AvgIpc) is 2.70. The van der Waals surface area contributed by atoms with Crippen LogP contribution in [0.25, 0.3) is 10.4 Å². The van der Waals surface area contributed by atoms with Crippen LogP contribution in [-0.4, -0.2) is 16.0 Å². The highest BCUT2D eigenvalue weighted by atomic mass is 32.1. The molecule has 19 heavy (non-hydrogen) atoms. The highest BCUT2D eigenvalue weighted by Gasteiger charge is 2.16. The summed E-state index contributed by atoms with van der Waals surface area (Å²) in [7, 11) is 0. The summed E-state index contributed by atoms with van der Waals surface area (Å²) in [5.41, 5.74) is 7.07. The van der Waals surface area contributed by atoms with E-state index in [4.69, 9.17) is 10.8 Å². The monoisotopic (exact) mass is 278 g/mol. The van der Waals surface area contributed by atoms with Crippen LogP contribution in [0.2, 0.25) is 0 Å². The molecular formula is C12H10N2O4S. The van der Waals surface area contributed by atoms with Gasteiger partial charge in [0.1, 0.15) is 4.88 Å². The van der Waals surface area contributed by atoms with Gasteiger partial charge >= 0.3 is 5.97 Å². The molecule has 6 nitrogen and oxygen atoms in total. The fraction of sp³-hybridized carbons (Fsp3) is 0.0833. The lowest BCUT2D eigenvalue weighted by Crippen LogP contribution is -1.96. The van der Waals surface area contributed by atoms with Gasteiger partial charge in [-0.15, -0.1) is 11.3 Å². The smallest absolute Gasteiger partial charge is 0.348 e. The molecule has 1 aromatic heterocycles. The summed E-state index contributed by atoms with van der Waals surface area (Å²) < 4.78 is 0. The number of non-ortho nitro benzene ring substituents is 1. The number of carboxylic acids is 1. The summed E-state index contributed by atoms with van der Waals surface area (Å²) in [5, 5.41) is 19.8. The zero-order valence-electron chi connectivity index (χ0n) is 9.91. The summed E-state index contributed by atoms with van der Waals surface area (Å²) in [4.78, 5) is 21.9. The van der Waals surface area contributed by atoms with E-state index in [1.165, 1.54) is 18.2 Å². The molecule has 2 rings (SSSR count). The number of rotatable bonds is 3. The lowest BCUT2D eigenvalue weighted by atomic mass is 10.1. The maximum atomic E-state index is 10.9. The van der Waals surface area contributed by atoms with Gasteiger partial charge in [0.15, 0.2) is 0 Å². The van der Waals surface area contributed by atoms with Gasteiger partial charge in [-0.05, 0) is 24.1 Å². The van der Waals surface area contributed by atoms with Crippen molar-refractivity contribution in [3.8, 4) is 10.4 Å². The second-order valence-corrected chi connectivity index (χ2v) is 5.07. The topological polar surface area (TPSA) is 106 Å². The molecule has 0 unspecified atom stereocenters. The summed E-state index contributed by atoms with van der Waals surface area (Å²) in [6.07, 6.45) is 0. The number of carboxylic acid groups (broad SMARTS) is 1. The van der Waals surface area contributed by atoms with E-state index in [0.717, 1.165) is 16.9 Å².